The average molecular weight is 438 g/mol. The van der Waals surface area contributed by atoms with E-state index in [0.29, 0.717) is 13.1 Å². The predicted octanol–water partition coefficient (Wildman–Crippen LogP) is 4.13. The number of pyridine rings is 1. The van der Waals surface area contributed by atoms with E-state index in [2.05, 4.69) is 15.6 Å². The van der Waals surface area contributed by atoms with Crippen molar-refractivity contribution in [2.24, 2.45) is 0 Å². The molecule has 2 amide bonds. The van der Waals surface area contributed by atoms with Crippen molar-refractivity contribution >= 4 is 35.3 Å². The second-order valence-electron chi connectivity index (χ2n) is 6.24. The van der Waals surface area contributed by atoms with Gasteiger partial charge in [0.15, 0.2) is 0 Å². The summed E-state index contributed by atoms with van der Waals surface area (Å²) < 4.78 is 0. The van der Waals surface area contributed by atoms with Crippen LogP contribution in [0.4, 0.5) is 0 Å². The molecule has 154 valence electrons. The van der Waals surface area contributed by atoms with Crippen molar-refractivity contribution < 1.29 is 9.59 Å². The van der Waals surface area contributed by atoms with Gasteiger partial charge in [-0.05, 0) is 36.4 Å². The zero-order valence-electron chi connectivity index (χ0n) is 16.4. The van der Waals surface area contributed by atoms with E-state index >= 15 is 0 Å². The Morgan fingerprint density at radius 1 is 0.633 bits per heavy atom. The van der Waals surface area contributed by atoms with Crippen LogP contribution in [-0.2, 0) is 0 Å². The monoisotopic (exact) mass is 437 g/mol. The third kappa shape index (κ3) is 7.24. The first-order valence-corrected chi connectivity index (χ1v) is 11.6. The molecule has 2 aromatic carbocycles. The quantitative estimate of drug-likeness (QED) is 0.369. The van der Waals surface area contributed by atoms with Crippen LogP contribution in [-0.4, -0.2) is 41.4 Å². The molecule has 0 aliphatic heterocycles. The van der Waals surface area contributed by atoms with Gasteiger partial charge in [0, 0.05) is 34.4 Å². The summed E-state index contributed by atoms with van der Waals surface area (Å²) in [6.45, 7) is 1.04. The Morgan fingerprint density at radius 3 is 1.50 bits per heavy atom. The van der Waals surface area contributed by atoms with Crippen LogP contribution in [0, 0.1) is 0 Å². The van der Waals surface area contributed by atoms with Crippen LogP contribution in [0.2, 0.25) is 0 Å². The number of hydrogen-bond acceptors (Lipinski definition) is 5. The van der Waals surface area contributed by atoms with Gasteiger partial charge in [-0.1, -0.05) is 42.5 Å². The van der Waals surface area contributed by atoms with Crippen molar-refractivity contribution in [3.63, 3.8) is 0 Å². The molecule has 0 spiro atoms. The van der Waals surface area contributed by atoms with Crippen LogP contribution in [0.3, 0.4) is 0 Å². The second kappa shape index (κ2) is 12.0. The van der Waals surface area contributed by atoms with Crippen molar-refractivity contribution in [1.29, 1.82) is 0 Å². The molecule has 0 aliphatic rings. The molecule has 0 bridgehead atoms. The van der Waals surface area contributed by atoms with E-state index in [9.17, 15) is 9.59 Å². The molecule has 2 N–H and O–H groups in total. The third-order valence-corrected chi connectivity index (χ3v) is 6.04. The molecule has 0 unspecified atom stereocenters. The van der Waals surface area contributed by atoms with E-state index in [0.717, 1.165) is 21.3 Å². The summed E-state index contributed by atoms with van der Waals surface area (Å²) in [4.78, 5) is 31.2. The van der Waals surface area contributed by atoms with E-state index in [1.807, 2.05) is 60.7 Å². The number of hydrogen-bond donors (Lipinski definition) is 2. The molecule has 0 saturated carbocycles. The van der Waals surface area contributed by atoms with Crippen molar-refractivity contribution in [2.45, 2.75) is 9.79 Å². The maximum Gasteiger partial charge on any atom is 0.269 e. The largest absolute Gasteiger partial charge is 0.350 e. The van der Waals surface area contributed by atoms with Gasteiger partial charge in [0.2, 0.25) is 0 Å². The molecule has 1 heterocycles. The fourth-order valence-electron chi connectivity index (χ4n) is 2.57. The van der Waals surface area contributed by atoms with Crippen LogP contribution in [0.25, 0.3) is 0 Å². The lowest BCUT2D eigenvalue weighted by atomic mass is 10.2. The third-order valence-electron chi connectivity index (χ3n) is 4.01. The minimum absolute atomic E-state index is 0.242. The first-order chi connectivity index (χ1) is 14.7. The highest BCUT2D eigenvalue weighted by Gasteiger charge is 2.12. The van der Waals surface area contributed by atoms with Crippen molar-refractivity contribution in [1.82, 2.24) is 15.6 Å². The molecule has 1 aromatic heterocycles. The molecule has 3 rings (SSSR count). The Morgan fingerprint density at radius 2 is 1.07 bits per heavy atom. The van der Waals surface area contributed by atoms with Crippen LogP contribution < -0.4 is 10.6 Å². The van der Waals surface area contributed by atoms with Crippen LogP contribution in [0.1, 0.15) is 21.0 Å². The van der Waals surface area contributed by atoms with Crippen molar-refractivity contribution in [3.05, 3.63) is 90.3 Å². The van der Waals surface area contributed by atoms with E-state index in [1.165, 1.54) is 0 Å². The molecule has 3 aromatic rings. The first kappa shape index (κ1) is 21.9. The predicted molar refractivity (Wildman–Crippen MR) is 123 cm³/mol. The van der Waals surface area contributed by atoms with Crippen molar-refractivity contribution in [3.8, 4) is 0 Å². The number of carbonyl (C=O) groups excluding carboxylic acids is 2. The highest BCUT2D eigenvalue weighted by atomic mass is 32.2. The summed E-state index contributed by atoms with van der Waals surface area (Å²) in [6.07, 6.45) is 0. The number of nitrogens with zero attached hydrogens (tertiary/aromatic N) is 1. The topological polar surface area (TPSA) is 71.1 Å². The number of nitrogens with one attached hydrogen (secondary N) is 2. The lowest BCUT2D eigenvalue weighted by Gasteiger charge is -2.07. The van der Waals surface area contributed by atoms with Gasteiger partial charge in [-0.15, -0.1) is 23.5 Å². The van der Waals surface area contributed by atoms with Gasteiger partial charge in [0.25, 0.3) is 11.8 Å². The minimum atomic E-state index is -0.280. The maximum absolute atomic E-state index is 12.3. The van der Waals surface area contributed by atoms with Gasteiger partial charge >= 0.3 is 0 Å². The van der Waals surface area contributed by atoms with Gasteiger partial charge < -0.3 is 10.6 Å². The number of carbonyl (C=O) groups is 2. The second-order valence-corrected chi connectivity index (χ2v) is 8.58. The molecule has 0 atom stereocenters. The van der Waals surface area contributed by atoms with Gasteiger partial charge in [0.05, 0.1) is 0 Å². The highest BCUT2D eigenvalue weighted by molar-refractivity contribution is 7.99. The van der Waals surface area contributed by atoms with Gasteiger partial charge in [-0.3, -0.25) is 9.59 Å². The fourth-order valence-corrected chi connectivity index (χ4v) is 4.15. The number of thioether (sulfide) groups is 2. The maximum atomic E-state index is 12.3. The molecule has 0 saturated heterocycles. The first-order valence-electron chi connectivity index (χ1n) is 9.61. The average Bonchev–Trinajstić information content (AvgIpc) is 2.81. The summed E-state index contributed by atoms with van der Waals surface area (Å²) >= 11 is 3.35. The molecular formula is C23H23N3O2S2. The summed E-state index contributed by atoms with van der Waals surface area (Å²) in [5.74, 6) is 0.959. The van der Waals surface area contributed by atoms with E-state index in [-0.39, 0.29) is 23.2 Å². The van der Waals surface area contributed by atoms with Gasteiger partial charge in [-0.2, -0.15) is 0 Å². The molecular weight excluding hydrogens is 414 g/mol. The van der Waals surface area contributed by atoms with E-state index in [1.54, 1.807) is 41.7 Å². The summed E-state index contributed by atoms with van der Waals surface area (Å²) in [7, 11) is 0. The number of amides is 2. The SMILES string of the molecule is O=C(NCCSc1ccccc1)c1cccc(C(=O)NCCSc2ccccc2)n1. The Labute approximate surface area is 185 Å². The van der Waals surface area contributed by atoms with E-state index in [4.69, 9.17) is 0 Å². The summed E-state index contributed by atoms with van der Waals surface area (Å²) in [5.41, 5.74) is 0.483. The number of benzene rings is 2. The number of rotatable bonds is 10. The smallest absolute Gasteiger partial charge is 0.269 e. The highest BCUT2D eigenvalue weighted by Crippen LogP contribution is 2.16. The normalized spacial score (nSPS) is 10.4. The molecule has 0 radical (unpaired) electrons. The summed E-state index contributed by atoms with van der Waals surface area (Å²) in [5, 5.41) is 5.70. The Bertz CT molecular complexity index is 878. The van der Waals surface area contributed by atoms with Crippen LogP contribution in [0.15, 0.2) is 88.7 Å². The molecule has 0 aliphatic carbocycles. The van der Waals surface area contributed by atoms with Crippen molar-refractivity contribution in [2.75, 3.05) is 24.6 Å². The van der Waals surface area contributed by atoms with Gasteiger partial charge in [0.1, 0.15) is 11.4 Å². The van der Waals surface area contributed by atoms with E-state index < -0.39 is 0 Å². The lowest BCUT2D eigenvalue weighted by Crippen LogP contribution is -2.29. The van der Waals surface area contributed by atoms with Crippen LogP contribution in [0.5, 0.6) is 0 Å². The molecule has 5 nitrogen and oxygen atoms in total. The molecule has 7 heteroatoms. The molecule has 0 fully saturated rings. The zero-order chi connectivity index (χ0) is 21.0. The summed E-state index contributed by atoms with van der Waals surface area (Å²) in [6, 6.07) is 24.9. The Hall–Kier alpha value is -2.77. The Balaban J connectivity index is 1.41. The van der Waals surface area contributed by atoms with Crippen LogP contribution >= 0.6 is 23.5 Å². The standard InChI is InChI=1S/C23H23N3O2S2/c27-22(24-14-16-29-18-8-3-1-4-9-18)20-12-7-13-21(26-20)23(28)25-15-17-30-19-10-5-2-6-11-19/h1-13H,14-17H2,(H,24,27)(H,25,28). The zero-order valence-corrected chi connectivity index (χ0v) is 18.0. The number of aromatic nitrogens is 1. The molecule has 30 heavy (non-hydrogen) atoms. The Kier molecular flexibility index (Phi) is 8.80. The van der Waals surface area contributed by atoms with Gasteiger partial charge in [-0.25, -0.2) is 4.98 Å². The fraction of sp³-hybridized carbons (Fsp3) is 0.174. The minimum Gasteiger partial charge on any atom is -0.350 e. The lowest BCUT2D eigenvalue weighted by molar-refractivity contribution is 0.0947.